The molecule has 0 saturated carbocycles. The van der Waals surface area contributed by atoms with Crippen LogP contribution in [0.2, 0.25) is 0 Å². The van der Waals surface area contributed by atoms with Crippen LogP contribution in [-0.4, -0.2) is 4.98 Å². The summed E-state index contributed by atoms with van der Waals surface area (Å²) in [5.41, 5.74) is 14.3. The molecule has 0 aliphatic carbocycles. The van der Waals surface area contributed by atoms with Gasteiger partial charge in [-0.1, -0.05) is 128 Å². The number of oxazole rings is 1. The third-order valence-corrected chi connectivity index (χ3v) is 8.93. The molecule has 0 spiro atoms. The Morgan fingerprint density at radius 3 is 1.44 bits per heavy atom. The number of benzene rings is 7. The fourth-order valence-corrected chi connectivity index (χ4v) is 6.53. The maximum atomic E-state index is 6.24. The number of fused-ring (bicyclic) bond motifs is 1. The SMILES string of the molecule is CCc1cccc2nc(-c3ccc(-c4ccccc4-c4ccccc4-c4ccc(N(c5ccccc5)c5ccccc5)cc4)cc3)oc12. The Morgan fingerprint density at radius 1 is 0.438 bits per heavy atom. The molecule has 230 valence electrons. The Balaban J connectivity index is 1.14. The van der Waals surface area contributed by atoms with E-state index in [4.69, 9.17) is 9.40 Å². The molecule has 0 radical (unpaired) electrons. The fraction of sp³-hybridized carbons (Fsp3) is 0.0444. The summed E-state index contributed by atoms with van der Waals surface area (Å²) >= 11 is 0. The molecular weight excluding hydrogens is 585 g/mol. The zero-order valence-corrected chi connectivity index (χ0v) is 26.8. The number of para-hydroxylation sites is 3. The molecule has 8 rings (SSSR count). The molecule has 0 bridgehead atoms. The van der Waals surface area contributed by atoms with Gasteiger partial charge in [0, 0.05) is 22.6 Å². The zero-order valence-electron chi connectivity index (χ0n) is 26.8. The fourth-order valence-electron chi connectivity index (χ4n) is 6.53. The number of nitrogens with zero attached hydrogens (tertiary/aromatic N) is 2. The monoisotopic (exact) mass is 618 g/mol. The topological polar surface area (TPSA) is 29.3 Å². The van der Waals surface area contributed by atoms with Crippen LogP contribution in [0.15, 0.2) is 180 Å². The summed E-state index contributed by atoms with van der Waals surface area (Å²) in [6, 6.07) is 62.0. The van der Waals surface area contributed by atoms with Crippen molar-refractivity contribution < 1.29 is 4.42 Å². The first-order chi connectivity index (χ1) is 23.8. The molecule has 0 fully saturated rings. The van der Waals surface area contributed by atoms with E-state index in [1.165, 1.54) is 33.4 Å². The highest BCUT2D eigenvalue weighted by molar-refractivity contribution is 5.92. The minimum Gasteiger partial charge on any atom is -0.436 e. The molecule has 0 aliphatic heterocycles. The van der Waals surface area contributed by atoms with Crippen LogP contribution in [0.25, 0.3) is 55.9 Å². The predicted octanol–water partition coefficient (Wildman–Crippen LogP) is 12.5. The van der Waals surface area contributed by atoms with Crippen molar-refractivity contribution in [2.75, 3.05) is 4.90 Å². The first kappa shape index (κ1) is 29.2. The average Bonchev–Trinajstić information content (AvgIpc) is 3.61. The van der Waals surface area contributed by atoms with Gasteiger partial charge < -0.3 is 9.32 Å². The molecule has 1 heterocycles. The molecule has 0 atom stereocenters. The van der Waals surface area contributed by atoms with Crippen LogP contribution in [0.3, 0.4) is 0 Å². The van der Waals surface area contributed by atoms with Gasteiger partial charge in [0.05, 0.1) is 0 Å². The van der Waals surface area contributed by atoms with Crippen LogP contribution in [-0.2, 0) is 6.42 Å². The van der Waals surface area contributed by atoms with E-state index in [9.17, 15) is 0 Å². The third kappa shape index (κ3) is 5.56. The largest absolute Gasteiger partial charge is 0.436 e. The maximum Gasteiger partial charge on any atom is 0.227 e. The van der Waals surface area contributed by atoms with E-state index in [1.807, 2.05) is 12.1 Å². The zero-order chi connectivity index (χ0) is 32.3. The number of aromatic nitrogens is 1. The molecule has 0 saturated heterocycles. The molecule has 1 aromatic heterocycles. The first-order valence-electron chi connectivity index (χ1n) is 16.4. The van der Waals surface area contributed by atoms with E-state index in [1.54, 1.807) is 0 Å². The van der Waals surface area contributed by atoms with Crippen LogP contribution in [0, 0.1) is 0 Å². The number of anilines is 3. The van der Waals surface area contributed by atoms with Crippen molar-refractivity contribution in [2.45, 2.75) is 13.3 Å². The van der Waals surface area contributed by atoms with Crippen molar-refractivity contribution in [1.82, 2.24) is 4.98 Å². The van der Waals surface area contributed by atoms with Gasteiger partial charge in [-0.15, -0.1) is 0 Å². The summed E-state index contributed by atoms with van der Waals surface area (Å²) in [5, 5.41) is 0. The molecule has 48 heavy (non-hydrogen) atoms. The molecule has 0 aliphatic rings. The van der Waals surface area contributed by atoms with E-state index in [-0.39, 0.29) is 0 Å². The van der Waals surface area contributed by atoms with Crippen LogP contribution < -0.4 is 4.90 Å². The van der Waals surface area contributed by atoms with Gasteiger partial charge >= 0.3 is 0 Å². The van der Waals surface area contributed by atoms with Crippen LogP contribution in [0.5, 0.6) is 0 Å². The Labute approximate surface area is 281 Å². The number of aryl methyl sites for hydroxylation is 1. The number of hydrogen-bond acceptors (Lipinski definition) is 3. The summed E-state index contributed by atoms with van der Waals surface area (Å²) in [5.74, 6) is 0.651. The van der Waals surface area contributed by atoms with Crippen LogP contribution in [0.1, 0.15) is 12.5 Å². The van der Waals surface area contributed by atoms with Crippen molar-refractivity contribution in [2.24, 2.45) is 0 Å². The van der Waals surface area contributed by atoms with Crippen molar-refractivity contribution in [3.63, 3.8) is 0 Å². The highest BCUT2D eigenvalue weighted by Gasteiger charge is 2.16. The molecule has 0 unspecified atom stereocenters. The maximum absolute atomic E-state index is 6.24. The van der Waals surface area contributed by atoms with Crippen molar-refractivity contribution >= 4 is 28.2 Å². The van der Waals surface area contributed by atoms with E-state index >= 15 is 0 Å². The molecule has 7 aromatic carbocycles. The molecule has 8 aromatic rings. The summed E-state index contributed by atoms with van der Waals surface area (Å²) in [7, 11) is 0. The smallest absolute Gasteiger partial charge is 0.227 e. The van der Waals surface area contributed by atoms with E-state index in [2.05, 4.69) is 176 Å². The molecule has 0 N–H and O–H groups in total. The quantitative estimate of drug-likeness (QED) is 0.170. The summed E-state index contributed by atoms with van der Waals surface area (Å²) in [6.07, 6.45) is 0.910. The minimum absolute atomic E-state index is 0.651. The molecule has 3 heteroatoms. The minimum atomic E-state index is 0.651. The second-order valence-electron chi connectivity index (χ2n) is 11.9. The van der Waals surface area contributed by atoms with E-state index in [0.29, 0.717) is 5.89 Å². The van der Waals surface area contributed by atoms with Gasteiger partial charge in [-0.2, -0.15) is 0 Å². The van der Waals surface area contributed by atoms with Gasteiger partial charge in [0.25, 0.3) is 0 Å². The highest BCUT2D eigenvalue weighted by Crippen LogP contribution is 2.40. The van der Waals surface area contributed by atoms with Gasteiger partial charge in [0.15, 0.2) is 5.58 Å². The van der Waals surface area contributed by atoms with E-state index in [0.717, 1.165) is 45.7 Å². The summed E-state index contributed by atoms with van der Waals surface area (Å²) < 4.78 is 6.24. The van der Waals surface area contributed by atoms with Gasteiger partial charge in [0.2, 0.25) is 5.89 Å². The van der Waals surface area contributed by atoms with Crippen molar-refractivity contribution in [1.29, 1.82) is 0 Å². The van der Waals surface area contributed by atoms with Crippen LogP contribution in [0.4, 0.5) is 17.1 Å². The second-order valence-corrected chi connectivity index (χ2v) is 11.9. The van der Waals surface area contributed by atoms with Gasteiger partial charge in [0.1, 0.15) is 5.52 Å². The summed E-state index contributed by atoms with van der Waals surface area (Å²) in [6.45, 7) is 2.14. The lowest BCUT2D eigenvalue weighted by Gasteiger charge is -2.25. The van der Waals surface area contributed by atoms with E-state index < -0.39 is 0 Å². The average molecular weight is 619 g/mol. The Bertz CT molecular complexity index is 2270. The molecule has 0 amide bonds. The summed E-state index contributed by atoms with van der Waals surface area (Å²) in [4.78, 5) is 7.08. The number of rotatable bonds is 8. The van der Waals surface area contributed by atoms with Crippen LogP contribution >= 0.6 is 0 Å². The van der Waals surface area contributed by atoms with Crippen molar-refractivity contribution in [3.05, 3.63) is 181 Å². The number of hydrogen-bond donors (Lipinski definition) is 0. The Hall–Kier alpha value is -6.19. The highest BCUT2D eigenvalue weighted by atomic mass is 16.3. The Kier molecular flexibility index (Phi) is 7.85. The third-order valence-electron chi connectivity index (χ3n) is 8.93. The lowest BCUT2D eigenvalue weighted by Crippen LogP contribution is -2.09. The molecular formula is C45H34N2O. The second kappa shape index (κ2) is 12.9. The predicted molar refractivity (Wildman–Crippen MR) is 200 cm³/mol. The normalized spacial score (nSPS) is 11.1. The Morgan fingerprint density at radius 2 is 0.896 bits per heavy atom. The van der Waals surface area contributed by atoms with Gasteiger partial charge in [-0.05, 0) is 100.0 Å². The van der Waals surface area contributed by atoms with Gasteiger partial charge in [-0.3, -0.25) is 0 Å². The van der Waals surface area contributed by atoms with Gasteiger partial charge in [-0.25, -0.2) is 4.98 Å². The standard InChI is InChI=1S/C45H34N2O/c1-2-32-14-13-23-43-44(32)48-45(46-43)35-26-24-33(25-27-35)39-19-9-11-21-41(39)42-22-12-10-20-40(42)34-28-30-38(31-29-34)47(36-15-5-3-6-16-36)37-17-7-4-8-18-37/h3-31H,2H2,1H3. The first-order valence-corrected chi connectivity index (χ1v) is 16.4. The molecule has 3 nitrogen and oxygen atoms in total. The van der Waals surface area contributed by atoms with Crippen molar-refractivity contribution in [3.8, 4) is 44.8 Å². The lowest BCUT2D eigenvalue weighted by atomic mass is 9.89. The lowest BCUT2D eigenvalue weighted by molar-refractivity contribution is 0.615.